The van der Waals surface area contributed by atoms with Gasteiger partial charge in [-0.25, -0.2) is 4.39 Å². The molecule has 0 aliphatic heterocycles. The van der Waals surface area contributed by atoms with E-state index in [1.807, 2.05) is 0 Å². The summed E-state index contributed by atoms with van der Waals surface area (Å²) >= 11 is 5.83. The molecule has 3 N–H and O–H groups in total. The third-order valence-electron chi connectivity index (χ3n) is 2.65. The minimum atomic E-state index is -0.579. The SMILES string of the molecule is N/C(=N/O)c1cccc(COc2cccc(Cl)c2)c1F. The molecule has 0 bridgehead atoms. The largest absolute Gasteiger partial charge is 0.489 e. The van der Waals surface area contributed by atoms with Gasteiger partial charge in [0.1, 0.15) is 18.2 Å². The first kappa shape index (κ1) is 14.1. The zero-order valence-corrected chi connectivity index (χ0v) is 11.1. The van der Waals surface area contributed by atoms with Crippen molar-refractivity contribution in [3.8, 4) is 5.75 Å². The molecule has 0 unspecified atom stereocenters. The number of hydrogen-bond donors (Lipinski definition) is 2. The average Bonchev–Trinajstić information content (AvgIpc) is 2.45. The Hall–Kier alpha value is -2.27. The highest BCUT2D eigenvalue weighted by atomic mass is 35.5. The third kappa shape index (κ3) is 3.19. The standard InChI is InChI=1S/C14H12ClFN2O2/c15-10-4-2-5-11(7-10)20-8-9-3-1-6-12(13(9)16)14(17)18-19/h1-7,19H,8H2,(H2,17,18). The highest BCUT2D eigenvalue weighted by Gasteiger charge is 2.11. The van der Waals surface area contributed by atoms with Crippen LogP contribution in [0.4, 0.5) is 4.39 Å². The van der Waals surface area contributed by atoms with Crippen LogP contribution in [0.25, 0.3) is 0 Å². The summed E-state index contributed by atoms with van der Waals surface area (Å²) in [6, 6.07) is 11.4. The van der Waals surface area contributed by atoms with E-state index in [-0.39, 0.29) is 18.0 Å². The van der Waals surface area contributed by atoms with Crippen LogP contribution in [-0.2, 0) is 6.61 Å². The number of nitrogens with zero attached hydrogens (tertiary/aromatic N) is 1. The molecule has 0 radical (unpaired) electrons. The molecular formula is C14H12ClFN2O2. The fourth-order valence-electron chi connectivity index (χ4n) is 1.66. The molecule has 0 aliphatic carbocycles. The van der Waals surface area contributed by atoms with Gasteiger partial charge in [-0.05, 0) is 24.3 Å². The number of halogens is 2. The molecule has 0 saturated carbocycles. The van der Waals surface area contributed by atoms with Gasteiger partial charge in [0.15, 0.2) is 5.84 Å². The summed E-state index contributed by atoms with van der Waals surface area (Å²) in [6.07, 6.45) is 0. The number of nitrogens with two attached hydrogens (primary N) is 1. The highest BCUT2D eigenvalue weighted by Crippen LogP contribution is 2.20. The topological polar surface area (TPSA) is 67.8 Å². The maximum absolute atomic E-state index is 14.1. The van der Waals surface area contributed by atoms with E-state index in [4.69, 9.17) is 27.3 Å². The van der Waals surface area contributed by atoms with E-state index >= 15 is 0 Å². The van der Waals surface area contributed by atoms with Crippen LogP contribution in [0.15, 0.2) is 47.6 Å². The fraction of sp³-hybridized carbons (Fsp3) is 0.0714. The molecule has 0 atom stereocenters. The van der Waals surface area contributed by atoms with Crippen LogP contribution >= 0.6 is 11.6 Å². The van der Waals surface area contributed by atoms with E-state index in [2.05, 4.69) is 5.16 Å². The second-order valence-corrected chi connectivity index (χ2v) is 4.45. The molecule has 2 aromatic carbocycles. The summed E-state index contributed by atoms with van der Waals surface area (Å²) in [5.41, 5.74) is 5.72. The molecule has 2 rings (SSSR count). The Morgan fingerprint density at radius 1 is 1.30 bits per heavy atom. The first-order valence-corrected chi connectivity index (χ1v) is 6.13. The Kier molecular flexibility index (Phi) is 4.42. The predicted octanol–water partition coefficient (Wildman–Crippen LogP) is 3.15. The zero-order valence-electron chi connectivity index (χ0n) is 10.4. The van der Waals surface area contributed by atoms with Crippen molar-refractivity contribution in [2.45, 2.75) is 6.61 Å². The van der Waals surface area contributed by atoms with Crippen molar-refractivity contribution in [3.63, 3.8) is 0 Å². The lowest BCUT2D eigenvalue weighted by Gasteiger charge is -2.09. The molecule has 0 fully saturated rings. The Morgan fingerprint density at radius 2 is 2.05 bits per heavy atom. The molecule has 104 valence electrons. The summed E-state index contributed by atoms with van der Waals surface area (Å²) in [6.45, 7) is 0.0126. The number of hydrogen-bond acceptors (Lipinski definition) is 3. The minimum Gasteiger partial charge on any atom is -0.489 e. The van der Waals surface area contributed by atoms with E-state index < -0.39 is 5.82 Å². The number of oxime groups is 1. The average molecular weight is 295 g/mol. The number of ether oxygens (including phenoxy) is 1. The highest BCUT2D eigenvalue weighted by molar-refractivity contribution is 6.30. The van der Waals surface area contributed by atoms with Gasteiger partial charge in [0.25, 0.3) is 0 Å². The number of rotatable bonds is 4. The minimum absolute atomic E-state index is 0.0126. The van der Waals surface area contributed by atoms with E-state index in [9.17, 15) is 4.39 Å². The van der Waals surface area contributed by atoms with Crippen molar-refractivity contribution in [1.82, 2.24) is 0 Å². The van der Waals surface area contributed by atoms with Crippen LogP contribution in [0.3, 0.4) is 0 Å². The van der Waals surface area contributed by atoms with Gasteiger partial charge in [-0.2, -0.15) is 0 Å². The predicted molar refractivity (Wildman–Crippen MR) is 74.7 cm³/mol. The summed E-state index contributed by atoms with van der Waals surface area (Å²) in [7, 11) is 0. The molecule has 6 heteroatoms. The Labute approximate surface area is 120 Å². The molecule has 4 nitrogen and oxygen atoms in total. The van der Waals surface area contributed by atoms with Crippen LogP contribution in [0.2, 0.25) is 5.02 Å². The Balaban J connectivity index is 2.18. The van der Waals surface area contributed by atoms with Gasteiger partial charge >= 0.3 is 0 Å². The molecule has 0 heterocycles. The summed E-state index contributed by atoms with van der Waals surface area (Å²) in [4.78, 5) is 0. The van der Waals surface area contributed by atoms with Gasteiger partial charge in [-0.1, -0.05) is 35.0 Å². The van der Waals surface area contributed by atoms with Crippen molar-refractivity contribution in [2.75, 3.05) is 0 Å². The van der Waals surface area contributed by atoms with E-state index in [1.165, 1.54) is 6.07 Å². The quantitative estimate of drug-likeness (QED) is 0.394. The van der Waals surface area contributed by atoms with E-state index in [0.29, 0.717) is 16.3 Å². The van der Waals surface area contributed by atoms with Crippen LogP contribution in [0.5, 0.6) is 5.75 Å². The van der Waals surface area contributed by atoms with E-state index in [1.54, 1.807) is 36.4 Å². The smallest absolute Gasteiger partial charge is 0.173 e. The lowest BCUT2D eigenvalue weighted by atomic mass is 10.1. The molecule has 0 aliphatic rings. The first-order chi connectivity index (χ1) is 9.61. The van der Waals surface area contributed by atoms with Crippen LogP contribution in [-0.4, -0.2) is 11.0 Å². The third-order valence-corrected chi connectivity index (χ3v) is 2.89. The Bertz CT molecular complexity index is 647. The monoisotopic (exact) mass is 294 g/mol. The van der Waals surface area contributed by atoms with Crippen LogP contribution in [0, 0.1) is 5.82 Å². The van der Waals surface area contributed by atoms with Crippen molar-refractivity contribution < 1.29 is 14.3 Å². The zero-order chi connectivity index (χ0) is 14.5. The van der Waals surface area contributed by atoms with Crippen LogP contribution in [0.1, 0.15) is 11.1 Å². The van der Waals surface area contributed by atoms with Gasteiger partial charge in [-0.15, -0.1) is 0 Å². The second-order valence-electron chi connectivity index (χ2n) is 4.01. The van der Waals surface area contributed by atoms with Crippen molar-refractivity contribution in [2.24, 2.45) is 10.9 Å². The van der Waals surface area contributed by atoms with Crippen LogP contribution < -0.4 is 10.5 Å². The number of amidine groups is 1. The lowest BCUT2D eigenvalue weighted by molar-refractivity contribution is 0.299. The van der Waals surface area contributed by atoms with Gasteiger partial charge in [0.2, 0.25) is 0 Å². The van der Waals surface area contributed by atoms with Crippen molar-refractivity contribution in [1.29, 1.82) is 0 Å². The van der Waals surface area contributed by atoms with Gasteiger partial charge in [-0.3, -0.25) is 0 Å². The van der Waals surface area contributed by atoms with Gasteiger partial charge < -0.3 is 15.7 Å². The molecule has 20 heavy (non-hydrogen) atoms. The lowest BCUT2D eigenvalue weighted by Crippen LogP contribution is -2.16. The first-order valence-electron chi connectivity index (χ1n) is 5.75. The normalized spacial score (nSPS) is 11.4. The van der Waals surface area contributed by atoms with Crippen molar-refractivity contribution in [3.05, 3.63) is 64.4 Å². The summed E-state index contributed by atoms with van der Waals surface area (Å²) in [5, 5.41) is 11.9. The van der Waals surface area contributed by atoms with Gasteiger partial charge in [0.05, 0.1) is 5.56 Å². The molecule has 0 amide bonds. The van der Waals surface area contributed by atoms with Gasteiger partial charge in [0, 0.05) is 10.6 Å². The molecule has 0 spiro atoms. The molecule has 0 saturated heterocycles. The summed E-state index contributed by atoms with van der Waals surface area (Å²) in [5.74, 6) is -0.331. The number of benzene rings is 2. The second kappa shape index (κ2) is 6.25. The van der Waals surface area contributed by atoms with E-state index in [0.717, 1.165) is 0 Å². The molecule has 0 aromatic heterocycles. The van der Waals surface area contributed by atoms with Crippen molar-refractivity contribution >= 4 is 17.4 Å². The maximum Gasteiger partial charge on any atom is 0.173 e. The molecular weight excluding hydrogens is 283 g/mol. The maximum atomic E-state index is 14.1. The molecule has 2 aromatic rings. The fourth-order valence-corrected chi connectivity index (χ4v) is 1.84. The Morgan fingerprint density at radius 3 is 2.75 bits per heavy atom. The summed E-state index contributed by atoms with van der Waals surface area (Å²) < 4.78 is 19.6.